The molecule has 0 aliphatic carbocycles. The SMILES string of the molecule is COc1ccc(C(=O)Oc2c(C)ccc(C)c2C)cc1S(=O)(=O)N1CCCC1. The van der Waals surface area contributed by atoms with Crippen molar-refractivity contribution in [2.75, 3.05) is 20.2 Å². The smallest absolute Gasteiger partial charge is 0.343 e. The summed E-state index contributed by atoms with van der Waals surface area (Å²) in [5.74, 6) is 0.119. The van der Waals surface area contributed by atoms with Crippen molar-refractivity contribution in [3.8, 4) is 11.5 Å². The number of sulfonamides is 1. The third-order valence-corrected chi connectivity index (χ3v) is 7.07. The zero-order chi connectivity index (χ0) is 20.5. The van der Waals surface area contributed by atoms with E-state index in [1.54, 1.807) is 0 Å². The number of hydrogen-bond acceptors (Lipinski definition) is 5. The van der Waals surface area contributed by atoms with Crippen molar-refractivity contribution < 1.29 is 22.7 Å². The molecule has 28 heavy (non-hydrogen) atoms. The van der Waals surface area contributed by atoms with Gasteiger partial charge in [-0.15, -0.1) is 0 Å². The van der Waals surface area contributed by atoms with Crippen LogP contribution in [-0.2, 0) is 10.0 Å². The highest BCUT2D eigenvalue weighted by molar-refractivity contribution is 7.89. The molecule has 0 spiro atoms. The van der Waals surface area contributed by atoms with Gasteiger partial charge in [-0.25, -0.2) is 13.2 Å². The number of methoxy groups -OCH3 is 1. The first-order valence-corrected chi connectivity index (χ1v) is 10.7. The lowest BCUT2D eigenvalue weighted by atomic mass is 10.1. The molecule has 1 saturated heterocycles. The Kier molecular flexibility index (Phi) is 5.76. The van der Waals surface area contributed by atoms with Gasteiger partial charge in [0.1, 0.15) is 16.4 Å². The number of esters is 1. The molecule has 0 radical (unpaired) electrons. The molecular weight excluding hydrogens is 378 g/mol. The molecule has 7 heteroatoms. The molecule has 1 aliphatic rings. The summed E-state index contributed by atoms with van der Waals surface area (Å²) in [4.78, 5) is 12.7. The summed E-state index contributed by atoms with van der Waals surface area (Å²) < 4.78 is 38.3. The van der Waals surface area contributed by atoms with Crippen molar-refractivity contribution in [2.24, 2.45) is 0 Å². The fourth-order valence-electron chi connectivity index (χ4n) is 3.31. The fourth-order valence-corrected chi connectivity index (χ4v) is 5.01. The Morgan fingerprint density at radius 3 is 2.29 bits per heavy atom. The van der Waals surface area contributed by atoms with Crippen molar-refractivity contribution in [3.05, 3.63) is 52.6 Å². The molecule has 0 saturated carbocycles. The lowest BCUT2D eigenvalue weighted by Gasteiger charge is -2.18. The van der Waals surface area contributed by atoms with Crippen LogP contribution in [0.25, 0.3) is 0 Å². The number of nitrogens with zero attached hydrogens (tertiary/aromatic N) is 1. The molecule has 0 unspecified atom stereocenters. The topological polar surface area (TPSA) is 72.9 Å². The molecule has 0 amide bonds. The van der Waals surface area contributed by atoms with Crippen LogP contribution in [-0.4, -0.2) is 38.9 Å². The van der Waals surface area contributed by atoms with E-state index in [0.29, 0.717) is 18.8 Å². The van der Waals surface area contributed by atoms with E-state index in [0.717, 1.165) is 29.5 Å². The summed E-state index contributed by atoms with van der Waals surface area (Å²) in [5, 5.41) is 0. The number of benzene rings is 2. The zero-order valence-electron chi connectivity index (χ0n) is 16.6. The Bertz CT molecular complexity index is 1010. The number of ether oxygens (including phenoxy) is 2. The van der Waals surface area contributed by atoms with Crippen LogP contribution in [0.4, 0.5) is 0 Å². The normalized spacial score (nSPS) is 14.9. The molecule has 6 nitrogen and oxygen atoms in total. The summed E-state index contributed by atoms with van der Waals surface area (Å²) in [6.45, 7) is 6.65. The van der Waals surface area contributed by atoms with Gasteiger partial charge in [0.15, 0.2) is 0 Å². The van der Waals surface area contributed by atoms with Crippen molar-refractivity contribution in [1.82, 2.24) is 4.31 Å². The van der Waals surface area contributed by atoms with E-state index in [-0.39, 0.29) is 16.2 Å². The monoisotopic (exact) mass is 403 g/mol. The second-order valence-corrected chi connectivity index (χ2v) is 8.93. The quantitative estimate of drug-likeness (QED) is 0.563. The first kappa shape index (κ1) is 20.4. The summed E-state index contributed by atoms with van der Waals surface area (Å²) in [7, 11) is -2.32. The summed E-state index contributed by atoms with van der Waals surface area (Å²) in [5.41, 5.74) is 2.90. The van der Waals surface area contributed by atoms with Crippen molar-refractivity contribution in [2.45, 2.75) is 38.5 Å². The van der Waals surface area contributed by atoms with Crippen LogP contribution in [0.3, 0.4) is 0 Å². The number of aryl methyl sites for hydroxylation is 2. The first-order chi connectivity index (χ1) is 13.3. The van der Waals surface area contributed by atoms with E-state index in [1.165, 1.54) is 29.6 Å². The maximum absolute atomic E-state index is 13.0. The van der Waals surface area contributed by atoms with Crippen LogP contribution in [0.5, 0.6) is 11.5 Å². The van der Waals surface area contributed by atoms with Crippen LogP contribution in [0.1, 0.15) is 39.9 Å². The highest BCUT2D eigenvalue weighted by Crippen LogP contribution is 2.31. The van der Waals surface area contributed by atoms with Crippen molar-refractivity contribution in [1.29, 1.82) is 0 Å². The van der Waals surface area contributed by atoms with E-state index in [2.05, 4.69) is 0 Å². The van der Waals surface area contributed by atoms with E-state index < -0.39 is 16.0 Å². The summed E-state index contributed by atoms with van der Waals surface area (Å²) in [6.07, 6.45) is 1.66. The van der Waals surface area contributed by atoms with Crippen LogP contribution in [0, 0.1) is 20.8 Å². The van der Waals surface area contributed by atoms with Crippen molar-refractivity contribution >= 4 is 16.0 Å². The third kappa shape index (κ3) is 3.77. The molecule has 2 aromatic carbocycles. The van der Waals surface area contributed by atoms with E-state index in [9.17, 15) is 13.2 Å². The van der Waals surface area contributed by atoms with Gasteiger partial charge in [-0.1, -0.05) is 12.1 Å². The molecule has 0 bridgehead atoms. The summed E-state index contributed by atoms with van der Waals surface area (Å²) >= 11 is 0. The van der Waals surface area contributed by atoms with Gasteiger partial charge in [-0.2, -0.15) is 4.31 Å². The number of carbonyl (C=O) groups is 1. The zero-order valence-corrected chi connectivity index (χ0v) is 17.4. The molecule has 0 N–H and O–H groups in total. The molecule has 3 rings (SSSR count). The van der Waals surface area contributed by atoms with Gasteiger partial charge in [0, 0.05) is 13.1 Å². The Morgan fingerprint density at radius 1 is 1.00 bits per heavy atom. The van der Waals surface area contributed by atoms with Gasteiger partial charge in [0.2, 0.25) is 10.0 Å². The standard InChI is InChI=1S/C21H25NO5S/c1-14-7-8-15(2)20(16(14)3)27-21(23)17-9-10-18(26-4)19(13-17)28(24,25)22-11-5-6-12-22/h7-10,13H,5-6,11-12H2,1-4H3. The molecule has 0 aromatic heterocycles. The highest BCUT2D eigenvalue weighted by atomic mass is 32.2. The molecule has 1 heterocycles. The minimum atomic E-state index is -3.73. The van der Waals surface area contributed by atoms with Crippen LogP contribution < -0.4 is 9.47 Å². The average molecular weight is 404 g/mol. The molecule has 2 aromatic rings. The summed E-state index contributed by atoms with van der Waals surface area (Å²) in [6, 6.07) is 8.22. The lowest BCUT2D eigenvalue weighted by molar-refractivity contribution is 0.0732. The van der Waals surface area contributed by atoms with Gasteiger partial charge in [0.25, 0.3) is 0 Å². The number of hydrogen-bond donors (Lipinski definition) is 0. The van der Waals surface area contributed by atoms with Gasteiger partial charge in [0.05, 0.1) is 12.7 Å². The molecular formula is C21H25NO5S. The van der Waals surface area contributed by atoms with E-state index in [1.807, 2.05) is 32.9 Å². The van der Waals surface area contributed by atoms with E-state index in [4.69, 9.17) is 9.47 Å². The Hall–Kier alpha value is -2.38. The largest absolute Gasteiger partial charge is 0.495 e. The maximum atomic E-state index is 13.0. The lowest BCUT2D eigenvalue weighted by Crippen LogP contribution is -2.28. The average Bonchev–Trinajstić information content (AvgIpc) is 3.23. The molecule has 0 atom stereocenters. The van der Waals surface area contributed by atoms with E-state index >= 15 is 0 Å². The predicted octanol–water partition coefficient (Wildman–Crippen LogP) is 3.62. The maximum Gasteiger partial charge on any atom is 0.343 e. The second kappa shape index (κ2) is 7.93. The molecule has 1 aliphatic heterocycles. The Labute approximate surface area is 166 Å². The van der Waals surface area contributed by atoms with Crippen LogP contribution in [0.2, 0.25) is 0 Å². The minimum Gasteiger partial charge on any atom is -0.495 e. The fraction of sp³-hybridized carbons (Fsp3) is 0.381. The highest BCUT2D eigenvalue weighted by Gasteiger charge is 2.31. The molecule has 150 valence electrons. The van der Waals surface area contributed by atoms with Gasteiger partial charge in [-0.05, 0) is 68.5 Å². The Balaban J connectivity index is 1.97. The first-order valence-electron chi connectivity index (χ1n) is 9.23. The minimum absolute atomic E-state index is 0.0102. The van der Waals surface area contributed by atoms with Gasteiger partial charge in [-0.3, -0.25) is 0 Å². The van der Waals surface area contributed by atoms with Gasteiger partial charge >= 0.3 is 5.97 Å². The van der Waals surface area contributed by atoms with Gasteiger partial charge < -0.3 is 9.47 Å². The van der Waals surface area contributed by atoms with Crippen LogP contribution >= 0.6 is 0 Å². The number of carbonyl (C=O) groups excluding carboxylic acids is 1. The molecule has 1 fully saturated rings. The number of rotatable bonds is 5. The predicted molar refractivity (Wildman–Crippen MR) is 107 cm³/mol. The second-order valence-electron chi connectivity index (χ2n) is 7.02. The third-order valence-electron chi connectivity index (χ3n) is 5.15. The van der Waals surface area contributed by atoms with Crippen molar-refractivity contribution in [3.63, 3.8) is 0 Å². The van der Waals surface area contributed by atoms with Crippen LogP contribution in [0.15, 0.2) is 35.2 Å². The Morgan fingerprint density at radius 2 is 1.64 bits per heavy atom.